The monoisotopic (exact) mass is 465 g/mol. The quantitative estimate of drug-likeness (QED) is 0.668. The molecule has 1 aliphatic carbocycles. The second-order valence-corrected chi connectivity index (χ2v) is 9.07. The zero-order valence-electron chi connectivity index (χ0n) is 17.3. The number of allylic oxidation sites excluding steroid dienone is 3. The number of anilines is 1. The molecule has 2 aliphatic rings. The fraction of sp³-hybridized carbons (Fsp3) is 0.292. The highest BCUT2D eigenvalue weighted by Gasteiger charge is 2.39. The number of hydrogen-bond donors (Lipinski definition) is 2. The van der Waals surface area contributed by atoms with Crippen molar-refractivity contribution >= 4 is 33.4 Å². The molecular weight excluding hydrogens is 442 g/mol. The Morgan fingerprint density at radius 2 is 1.87 bits per heavy atom. The van der Waals surface area contributed by atoms with Crippen LogP contribution >= 0.6 is 15.9 Å². The van der Waals surface area contributed by atoms with Gasteiger partial charge in [0.05, 0.1) is 0 Å². The van der Waals surface area contributed by atoms with Crippen molar-refractivity contribution in [2.75, 3.05) is 5.32 Å². The predicted molar refractivity (Wildman–Crippen MR) is 121 cm³/mol. The number of rotatable bonds is 3. The molecule has 5 nitrogen and oxygen atoms in total. The average molecular weight is 466 g/mol. The van der Waals surface area contributed by atoms with E-state index in [9.17, 15) is 9.59 Å². The first-order chi connectivity index (χ1) is 14.3. The Bertz CT molecular complexity index is 1070. The number of ketones is 1. The molecule has 1 aromatic heterocycles. The molecule has 0 unspecified atom stereocenters. The molecule has 2 atom stereocenters. The van der Waals surface area contributed by atoms with Gasteiger partial charge in [-0.25, -0.2) is 4.98 Å². The van der Waals surface area contributed by atoms with Crippen LogP contribution in [-0.2, 0) is 9.59 Å². The summed E-state index contributed by atoms with van der Waals surface area (Å²) in [5.41, 5.74) is 4.93. The number of aromatic nitrogens is 1. The lowest BCUT2D eigenvalue weighted by Crippen LogP contribution is -2.37. The maximum atomic E-state index is 13.4. The molecule has 2 aromatic rings. The van der Waals surface area contributed by atoms with Crippen LogP contribution in [-0.4, -0.2) is 16.7 Å². The van der Waals surface area contributed by atoms with Gasteiger partial charge in [-0.2, -0.15) is 0 Å². The number of nitrogens with one attached hydrogen (secondary N) is 2. The average Bonchev–Trinajstić information content (AvgIpc) is 2.69. The number of amides is 1. The molecular formula is C24H24BrN3O2. The number of benzene rings is 1. The van der Waals surface area contributed by atoms with Crippen molar-refractivity contribution in [1.82, 2.24) is 10.3 Å². The summed E-state index contributed by atoms with van der Waals surface area (Å²) < 4.78 is 0.952. The van der Waals surface area contributed by atoms with Crippen molar-refractivity contribution in [1.29, 1.82) is 0 Å². The van der Waals surface area contributed by atoms with Gasteiger partial charge in [0.1, 0.15) is 5.82 Å². The van der Waals surface area contributed by atoms with E-state index < -0.39 is 5.92 Å². The molecule has 0 spiro atoms. The Kier molecular flexibility index (Phi) is 5.60. The Morgan fingerprint density at radius 3 is 2.53 bits per heavy atom. The Morgan fingerprint density at radius 1 is 1.13 bits per heavy atom. The molecule has 154 valence electrons. The molecule has 4 rings (SSSR count). The summed E-state index contributed by atoms with van der Waals surface area (Å²) in [6, 6.07) is 11.5. The maximum Gasteiger partial charge on any atom is 0.255 e. The fourth-order valence-electron chi connectivity index (χ4n) is 4.25. The number of dihydropyridines is 1. The van der Waals surface area contributed by atoms with Gasteiger partial charge in [0.2, 0.25) is 0 Å². The molecule has 1 aliphatic heterocycles. The molecule has 0 saturated carbocycles. The van der Waals surface area contributed by atoms with Crippen LogP contribution in [0.4, 0.5) is 5.82 Å². The highest BCUT2D eigenvalue weighted by atomic mass is 79.9. The van der Waals surface area contributed by atoms with E-state index in [0.717, 1.165) is 33.4 Å². The lowest BCUT2D eigenvalue weighted by atomic mass is 9.73. The van der Waals surface area contributed by atoms with Gasteiger partial charge in [0, 0.05) is 45.5 Å². The largest absolute Gasteiger partial charge is 0.362 e. The van der Waals surface area contributed by atoms with Gasteiger partial charge in [-0.05, 0) is 55.5 Å². The number of carbonyl (C=O) groups excluding carboxylic acids is 2. The van der Waals surface area contributed by atoms with Gasteiger partial charge < -0.3 is 10.6 Å². The summed E-state index contributed by atoms with van der Waals surface area (Å²) >= 11 is 3.47. The third-order valence-corrected chi connectivity index (χ3v) is 6.16. The van der Waals surface area contributed by atoms with Gasteiger partial charge in [-0.1, -0.05) is 41.1 Å². The highest BCUT2D eigenvalue weighted by molar-refractivity contribution is 9.10. The van der Waals surface area contributed by atoms with Crippen molar-refractivity contribution < 1.29 is 9.59 Å². The normalized spacial score (nSPS) is 21.3. The number of hydrogen-bond acceptors (Lipinski definition) is 4. The summed E-state index contributed by atoms with van der Waals surface area (Å²) in [6.07, 6.45) is 3.02. The SMILES string of the molecule is CC1=C(C(=O)Nc2ccc(C)cn2)[C@@H](c2ccc(Br)cc2)C2=C(C[C@H](C)CC2=O)N1. The zero-order chi connectivity index (χ0) is 21.4. The number of halogens is 1. The first kappa shape index (κ1) is 20.5. The van der Waals surface area contributed by atoms with Crippen LogP contribution in [0.5, 0.6) is 0 Å². The summed E-state index contributed by atoms with van der Waals surface area (Å²) in [7, 11) is 0. The molecule has 2 N–H and O–H groups in total. The van der Waals surface area contributed by atoms with E-state index in [1.807, 2.05) is 44.2 Å². The van der Waals surface area contributed by atoms with Crippen molar-refractivity contribution in [3.05, 3.63) is 80.7 Å². The number of Topliss-reactive ketones (excluding diaryl/α,β-unsaturated/α-hetero) is 1. The second kappa shape index (κ2) is 8.19. The second-order valence-electron chi connectivity index (χ2n) is 8.15. The first-order valence-electron chi connectivity index (χ1n) is 10.1. The van der Waals surface area contributed by atoms with Crippen molar-refractivity contribution in [3.8, 4) is 0 Å². The van der Waals surface area contributed by atoms with E-state index in [-0.39, 0.29) is 17.6 Å². The van der Waals surface area contributed by atoms with Crippen LogP contribution < -0.4 is 10.6 Å². The Balaban J connectivity index is 1.78. The van der Waals surface area contributed by atoms with Crippen molar-refractivity contribution in [2.24, 2.45) is 5.92 Å². The molecule has 0 saturated heterocycles. The maximum absolute atomic E-state index is 13.4. The minimum atomic E-state index is -0.403. The number of aryl methyl sites for hydroxylation is 1. The molecule has 30 heavy (non-hydrogen) atoms. The molecule has 0 radical (unpaired) electrons. The lowest BCUT2D eigenvalue weighted by Gasteiger charge is -2.36. The predicted octanol–water partition coefficient (Wildman–Crippen LogP) is 5.01. The lowest BCUT2D eigenvalue weighted by molar-refractivity contribution is -0.117. The van der Waals surface area contributed by atoms with E-state index in [1.54, 1.807) is 12.3 Å². The Hall–Kier alpha value is -2.73. The van der Waals surface area contributed by atoms with Gasteiger partial charge in [-0.15, -0.1) is 0 Å². The van der Waals surface area contributed by atoms with E-state index in [0.29, 0.717) is 23.4 Å². The first-order valence-corrected chi connectivity index (χ1v) is 10.9. The zero-order valence-corrected chi connectivity index (χ0v) is 18.8. The number of nitrogens with zero attached hydrogens (tertiary/aromatic N) is 1. The van der Waals surface area contributed by atoms with Crippen LogP contribution in [0.2, 0.25) is 0 Å². The summed E-state index contributed by atoms with van der Waals surface area (Å²) in [4.78, 5) is 30.7. The third-order valence-electron chi connectivity index (χ3n) is 5.63. The molecule has 1 amide bonds. The van der Waals surface area contributed by atoms with Crippen LogP contribution in [0.3, 0.4) is 0 Å². The minimum Gasteiger partial charge on any atom is -0.362 e. The smallest absolute Gasteiger partial charge is 0.255 e. The standard InChI is InChI=1S/C24H24BrN3O2/c1-13-4-9-20(26-12-13)28-24(30)21-15(3)27-18-10-14(2)11-19(29)23(18)22(21)16-5-7-17(25)8-6-16/h4-9,12,14,22,27H,10-11H2,1-3H3,(H,26,28,30)/t14-,22+/m0/s1. The van der Waals surface area contributed by atoms with E-state index >= 15 is 0 Å². The highest BCUT2D eigenvalue weighted by Crippen LogP contribution is 2.43. The van der Waals surface area contributed by atoms with E-state index in [2.05, 4.69) is 38.5 Å². The van der Waals surface area contributed by atoms with Gasteiger partial charge in [-0.3, -0.25) is 9.59 Å². The topological polar surface area (TPSA) is 71.1 Å². The molecule has 0 fully saturated rings. The van der Waals surface area contributed by atoms with Gasteiger partial charge in [0.15, 0.2) is 5.78 Å². The van der Waals surface area contributed by atoms with E-state index in [1.165, 1.54) is 0 Å². The molecule has 1 aromatic carbocycles. The van der Waals surface area contributed by atoms with Crippen molar-refractivity contribution in [2.45, 2.75) is 39.5 Å². The van der Waals surface area contributed by atoms with Gasteiger partial charge in [0.25, 0.3) is 5.91 Å². The Labute approximate surface area is 184 Å². The van der Waals surface area contributed by atoms with Crippen LogP contribution in [0, 0.1) is 12.8 Å². The fourth-order valence-corrected chi connectivity index (χ4v) is 4.51. The van der Waals surface area contributed by atoms with Crippen LogP contribution in [0.25, 0.3) is 0 Å². The molecule has 0 bridgehead atoms. The van der Waals surface area contributed by atoms with Gasteiger partial charge >= 0.3 is 0 Å². The minimum absolute atomic E-state index is 0.107. The number of pyridine rings is 1. The summed E-state index contributed by atoms with van der Waals surface area (Å²) in [5.74, 6) is 0.232. The van der Waals surface area contributed by atoms with Crippen molar-refractivity contribution in [3.63, 3.8) is 0 Å². The third kappa shape index (κ3) is 3.97. The number of carbonyl (C=O) groups is 2. The van der Waals surface area contributed by atoms with Crippen LogP contribution in [0.1, 0.15) is 43.7 Å². The van der Waals surface area contributed by atoms with E-state index in [4.69, 9.17) is 0 Å². The summed E-state index contributed by atoms with van der Waals surface area (Å²) in [5, 5.41) is 6.27. The van der Waals surface area contributed by atoms with Crippen LogP contribution in [0.15, 0.2) is 69.6 Å². The molecule has 6 heteroatoms. The summed E-state index contributed by atoms with van der Waals surface area (Å²) in [6.45, 7) is 5.93. The molecule has 2 heterocycles.